The Morgan fingerprint density at radius 1 is 1.09 bits per heavy atom. The molecule has 12 nitrogen and oxygen atoms in total. The third-order valence-electron chi connectivity index (χ3n) is 8.73. The van der Waals surface area contributed by atoms with Crippen LogP contribution in [-0.2, 0) is 15.0 Å². The highest BCUT2D eigenvalue weighted by Crippen LogP contribution is 2.50. The number of methoxy groups -OCH3 is 1. The van der Waals surface area contributed by atoms with Crippen LogP contribution in [0.5, 0.6) is 28.7 Å². The summed E-state index contributed by atoms with van der Waals surface area (Å²) in [6.07, 6.45) is -2.24. The van der Waals surface area contributed by atoms with Crippen molar-refractivity contribution in [2.75, 3.05) is 26.8 Å². The monoisotopic (exact) mass is 636 g/mol. The average molecular weight is 637 g/mol. The lowest BCUT2D eigenvalue weighted by atomic mass is 9.82. The summed E-state index contributed by atoms with van der Waals surface area (Å²) in [5, 5.41) is 8.71. The lowest BCUT2D eigenvalue weighted by Gasteiger charge is -2.34. The van der Waals surface area contributed by atoms with Crippen molar-refractivity contribution in [1.29, 1.82) is 0 Å². The molecule has 4 aliphatic heterocycles. The first-order valence-corrected chi connectivity index (χ1v) is 14.7. The summed E-state index contributed by atoms with van der Waals surface area (Å²) in [6, 6.07) is 10.8. The minimum Gasteiger partial charge on any atom is -0.497 e. The van der Waals surface area contributed by atoms with E-state index in [4.69, 9.17) is 14.2 Å². The van der Waals surface area contributed by atoms with Crippen molar-refractivity contribution in [1.82, 2.24) is 20.9 Å². The summed E-state index contributed by atoms with van der Waals surface area (Å²) < 4.78 is 54.0. The molecule has 0 saturated carbocycles. The molecule has 5 heterocycles. The zero-order valence-corrected chi connectivity index (χ0v) is 24.9. The van der Waals surface area contributed by atoms with Gasteiger partial charge in [0.15, 0.2) is 11.5 Å². The Balaban J connectivity index is 1.10. The second-order valence-corrected chi connectivity index (χ2v) is 11.9. The first kappa shape index (κ1) is 29.6. The molecule has 0 radical (unpaired) electrons. The molecule has 1 aromatic heterocycles. The van der Waals surface area contributed by atoms with Crippen LogP contribution in [0.3, 0.4) is 0 Å². The van der Waals surface area contributed by atoms with Crippen LogP contribution in [-0.4, -0.2) is 55.8 Å². The Morgan fingerprint density at radius 2 is 1.89 bits per heavy atom. The van der Waals surface area contributed by atoms with Crippen LogP contribution < -0.4 is 39.6 Å². The van der Waals surface area contributed by atoms with E-state index in [1.807, 2.05) is 6.07 Å². The Kier molecular flexibility index (Phi) is 7.09. The number of fused-ring (bicyclic) bond motifs is 3. The fraction of sp³-hybridized carbons (Fsp3) is 0.375. The highest BCUT2D eigenvalue weighted by Gasteiger charge is 2.49. The molecule has 0 spiro atoms. The van der Waals surface area contributed by atoms with Gasteiger partial charge in [0.1, 0.15) is 35.4 Å². The van der Waals surface area contributed by atoms with Gasteiger partial charge in [0.05, 0.1) is 24.4 Å². The number of benzene rings is 2. The lowest BCUT2D eigenvalue weighted by molar-refractivity contribution is -0.286. The number of amides is 3. The molecule has 4 aliphatic rings. The molecule has 0 bridgehead atoms. The van der Waals surface area contributed by atoms with Crippen LogP contribution in [0, 0.1) is 5.92 Å². The first-order chi connectivity index (χ1) is 22.0. The van der Waals surface area contributed by atoms with Gasteiger partial charge in [0, 0.05) is 61.3 Å². The van der Waals surface area contributed by atoms with E-state index in [2.05, 4.69) is 30.4 Å². The van der Waals surface area contributed by atoms with E-state index in [-0.39, 0.29) is 47.5 Å². The van der Waals surface area contributed by atoms with E-state index in [0.717, 1.165) is 0 Å². The van der Waals surface area contributed by atoms with Crippen molar-refractivity contribution in [3.05, 3.63) is 71.0 Å². The van der Waals surface area contributed by atoms with Crippen molar-refractivity contribution in [2.24, 2.45) is 5.92 Å². The van der Waals surface area contributed by atoms with Gasteiger partial charge >= 0.3 is 6.29 Å². The fourth-order valence-corrected chi connectivity index (χ4v) is 6.10. The predicted octanol–water partition coefficient (Wildman–Crippen LogP) is 3.31. The number of pyridine rings is 1. The Labute approximate surface area is 261 Å². The van der Waals surface area contributed by atoms with E-state index in [1.165, 1.54) is 25.4 Å². The molecule has 7 rings (SSSR count). The number of rotatable bonds is 7. The normalized spacial score (nSPS) is 25.0. The standard InChI is InChI=1S/C32H30F2N4O8/c1-31(15-43-24-11-27-26(9-20(24)31)45-32(33,34)46-27)30(41)38-22-10-25(44-23-8-18(42-2)4-5-19(22)23)21-6-3-17(14-35-21)29(40)37-13-16-7-28(39)36-12-16/h3-6,8-9,11,14,16,22,25H,7,10,12-13,15H2,1-2H3,(H,36,39)(H,37,40)(H,38,41)/t16?,22-,25-,31+/m1/s1. The largest absolute Gasteiger partial charge is 0.586 e. The molecular formula is C32H30F2N4O8. The maximum Gasteiger partial charge on any atom is 0.586 e. The van der Waals surface area contributed by atoms with Crippen LogP contribution in [0.15, 0.2) is 48.7 Å². The van der Waals surface area contributed by atoms with Crippen LogP contribution in [0.25, 0.3) is 0 Å². The number of hydrogen-bond donors (Lipinski definition) is 3. The zero-order chi connectivity index (χ0) is 32.2. The summed E-state index contributed by atoms with van der Waals surface area (Å²) in [4.78, 5) is 42.6. The first-order valence-electron chi connectivity index (χ1n) is 14.7. The van der Waals surface area contributed by atoms with E-state index >= 15 is 0 Å². The predicted molar refractivity (Wildman–Crippen MR) is 155 cm³/mol. The van der Waals surface area contributed by atoms with Crippen LogP contribution >= 0.6 is 0 Å². The minimum absolute atomic E-state index is 0.0196. The van der Waals surface area contributed by atoms with Crippen LogP contribution in [0.2, 0.25) is 0 Å². The molecule has 3 N–H and O–H groups in total. The summed E-state index contributed by atoms with van der Waals surface area (Å²) in [5.41, 5.74) is 0.796. The number of alkyl halides is 2. The smallest absolute Gasteiger partial charge is 0.497 e. The quantitative estimate of drug-likeness (QED) is 0.356. The molecule has 46 heavy (non-hydrogen) atoms. The Hall–Kier alpha value is -5.14. The van der Waals surface area contributed by atoms with E-state index in [1.54, 1.807) is 31.2 Å². The second-order valence-electron chi connectivity index (χ2n) is 11.9. The molecule has 1 unspecified atom stereocenters. The highest BCUT2D eigenvalue weighted by atomic mass is 19.3. The third kappa shape index (κ3) is 5.37. The van der Waals surface area contributed by atoms with Crippen molar-refractivity contribution in [3.8, 4) is 28.7 Å². The van der Waals surface area contributed by atoms with Gasteiger partial charge in [-0.1, -0.05) is 0 Å². The highest BCUT2D eigenvalue weighted by molar-refractivity contribution is 5.94. The number of ether oxygens (including phenoxy) is 5. The summed E-state index contributed by atoms with van der Waals surface area (Å²) in [5.74, 6) is 0.294. The lowest BCUT2D eigenvalue weighted by Crippen LogP contribution is -2.46. The molecular weight excluding hydrogens is 606 g/mol. The van der Waals surface area contributed by atoms with Gasteiger partial charge < -0.3 is 39.6 Å². The van der Waals surface area contributed by atoms with E-state index < -0.39 is 23.9 Å². The number of aromatic nitrogens is 1. The molecule has 2 aromatic carbocycles. The average Bonchev–Trinajstić information content (AvgIpc) is 3.71. The van der Waals surface area contributed by atoms with Gasteiger partial charge in [-0.3, -0.25) is 19.4 Å². The van der Waals surface area contributed by atoms with Crippen LogP contribution in [0.4, 0.5) is 8.78 Å². The SMILES string of the molecule is COc1ccc2c(c1)O[C@@H](c1ccc(C(=O)NCC3CNC(=O)C3)cn1)C[C@H]2NC(=O)[C@@]1(C)COc2cc3c(cc21)OC(F)(F)O3. The number of halogens is 2. The second kappa shape index (κ2) is 11.0. The van der Waals surface area contributed by atoms with Crippen molar-refractivity contribution >= 4 is 17.7 Å². The van der Waals surface area contributed by atoms with Gasteiger partial charge in [-0.05, 0) is 37.3 Å². The maximum absolute atomic E-state index is 13.9. The number of carbonyl (C=O) groups is 3. The fourth-order valence-electron chi connectivity index (χ4n) is 6.10. The minimum atomic E-state index is -3.80. The van der Waals surface area contributed by atoms with Crippen LogP contribution in [0.1, 0.15) is 59.1 Å². The summed E-state index contributed by atoms with van der Waals surface area (Å²) in [7, 11) is 1.54. The molecule has 0 aliphatic carbocycles. The van der Waals surface area contributed by atoms with Crippen molar-refractivity contribution in [2.45, 2.75) is 43.6 Å². The van der Waals surface area contributed by atoms with Gasteiger partial charge in [0.25, 0.3) is 5.91 Å². The summed E-state index contributed by atoms with van der Waals surface area (Å²) >= 11 is 0. The number of nitrogens with one attached hydrogen (secondary N) is 3. The molecule has 240 valence electrons. The number of carbonyl (C=O) groups excluding carboxylic acids is 3. The third-order valence-corrected chi connectivity index (χ3v) is 8.73. The maximum atomic E-state index is 13.9. The van der Waals surface area contributed by atoms with Gasteiger partial charge in [-0.2, -0.15) is 0 Å². The van der Waals surface area contributed by atoms with E-state index in [9.17, 15) is 23.2 Å². The number of nitrogens with zero attached hydrogens (tertiary/aromatic N) is 1. The van der Waals surface area contributed by atoms with Crippen molar-refractivity contribution in [3.63, 3.8) is 0 Å². The Morgan fingerprint density at radius 3 is 2.61 bits per heavy atom. The topological polar surface area (TPSA) is 146 Å². The van der Waals surface area contributed by atoms with Gasteiger partial charge in [-0.15, -0.1) is 8.78 Å². The Bertz CT molecular complexity index is 1740. The molecule has 3 amide bonds. The molecule has 4 atom stereocenters. The van der Waals surface area contributed by atoms with E-state index in [0.29, 0.717) is 59.8 Å². The van der Waals surface area contributed by atoms with Gasteiger partial charge in [0.2, 0.25) is 11.8 Å². The molecule has 1 fully saturated rings. The summed E-state index contributed by atoms with van der Waals surface area (Å²) in [6.45, 7) is 2.55. The molecule has 3 aromatic rings. The van der Waals surface area contributed by atoms with Gasteiger partial charge in [-0.25, -0.2) is 0 Å². The zero-order valence-electron chi connectivity index (χ0n) is 24.9. The molecule has 1 saturated heterocycles. The molecule has 14 heteroatoms. The number of hydrogen-bond acceptors (Lipinski definition) is 9. The van der Waals surface area contributed by atoms with Crippen molar-refractivity contribution < 1.29 is 46.8 Å².